The number of nitrogens with zero attached hydrogens (tertiary/aromatic N) is 1. The van der Waals surface area contributed by atoms with Crippen LogP contribution < -0.4 is 10.1 Å². The molecule has 0 radical (unpaired) electrons. The number of carbonyl (C=O) groups excluding carboxylic acids is 1. The van der Waals surface area contributed by atoms with Crippen LogP contribution in [0.4, 0.5) is 5.13 Å². The average molecular weight is 356 g/mol. The zero-order valence-corrected chi connectivity index (χ0v) is 15.5. The predicted molar refractivity (Wildman–Crippen MR) is 101 cm³/mol. The number of rotatable bonds is 5. The van der Waals surface area contributed by atoms with Crippen molar-refractivity contribution in [2.75, 3.05) is 11.9 Å². The van der Waals surface area contributed by atoms with Gasteiger partial charge in [-0.15, -0.1) is 11.3 Å². The van der Waals surface area contributed by atoms with Crippen molar-refractivity contribution in [3.05, 3.63) is 46.7 Å². The fourth-order valence-electron chi connectivity index (χ4n) is 2.76. The van der Waals surface area contributed by atoms with E-state index in [1.54, 1.807) is 18.5 Å². The van der Waals surface area contributed by atoms with Crippen LogP contribution in [0, 0.1) is 13.8 Å². The van der Waals surface area contributed by atoms with Gasteiger partial charge in [-0.1, -0.05) is 0 Å². The van der Waals surface area contributed by atoms with Gasteiger partial charge >= 0.3 is 0 Å². The molecule has 3 rings (SSSR count). The van der Waals surface area contributed by atoms with Crippen molar-refractivity contribution < 1.29 is 13.9 Å². The summed E-state index contributed by atoms with van der Waals surface area (Å²) in [5.74, 6) is 0.539. The summed E-state index contributed by atoms with van der Waals surface area (Å²) in [7, 11) is 0. The number of fused-ring (bicyclic) bond motifs is 1. The molecular weight excluding hydrogens is 336 g/mol. The zero-order chi connectivity index (χ0) is 18.0. The SMILES string of the molecule is CCOc1c(/C(C)=C/C(=O)Nc2nccs2)cc2c(C)coc2c1C. The summed E-state index contributed by atoms with van der Waals surface area (Å²) in [5, 5.41) is 6.19. The molecule has 0 bridgehead atoms. The maximum absolute atomic E-state index is 12.2. The van der Waals surface area contributed by atoms with Gasteiger partial charge in [-0.2, -0.15) is 0 Å². The van der Waals surface area contributed by atoms with Gasteiger partial charge in [0.2, 0.25) is 5.91 Å². The van der Waals surface area contributed by atoms with E-state index in [1.807, 2.05) is 39.1 Å². The molecular formula is C19H20N2O3S. The molecule has 6 heteroatoms. The average Bonchev–Trinajstić information content (AvgIpc) is 3.20. The van der Waals surface area contributed by atoms with Gasteiger partial charge in [0.25, 0.3) is 0 Å². The van der Waals surface area contributed by atoms with Crippen LogP contribution in [0.5, 0.6) is 5.75 Å². The number of aryl methyl sites for hydroxylation is 2. The maximum atomic E-state index is 12.2. The first-order valence-corrected chi connectivity index (χ1v) is 8.92. The van der Waals surface area contributed by atoms with Crippen molar-refractivity contribution in [2.45, 2.75) is 27.7 Å². The lowest BCUT2D eigenvalue weighted by Crippen LogP contribution is -2.08. The highest BCUT2D eigenvalue weighted by Crippen LogP contribution is 2.37. The summed E-state index contributed by atoms with van der Waals surface area (Å²) in [5.41, 5.74) is 4.54. The second-order valence-electron chi connectivity index (χ2n) is 5.76. The van der Waals surface area contributed by atoms with Crippen molar-refractivity contribution in [3.8, 4) is 5.75 Å². The van der Waals surface area contributed by atoms with Crippen LogP contribution in [0.15, 0.2) is 34.4 Å². The second-order valence-corrected chi connectivity index (χ2v) is 6.66. The highest BCUT2D eigenvalue weighted by atomic mass is 32.1. The molecule has 0 spiro atoms. The molecule has 5 nitrogen and oxygen atoms in total. The molecule has 0 atom stereocenters. The Morgan fingerprint density at radius 1 is 1.44 bits per heavy atom. The predicted octanol–water partition coefficient (Wildman–Crippen LogP) is 4.95. The molecule has 2 aromatic heterocycles. The van der Waals surface area contributed by atoms with Gasteiger partial charge in [-0.3, -0.25) is 10.1 Å². The van der Waals surface area contributed by atoms with E-state index in [0.29, 0.717) is 11.7 Å². The molecule has 25 heavy (non-hydrogen) atoms. The molecule has 0 fully saturated rings. The summed E-state index contributed by atoms with van der Waals surface area (Å²) in [6, 6.07) is 2.02. The van der Waals surface area contributed by atoms with E-state index in [2.05, 4.69) is 10.3 Å². The van der Waals surface area contributed by atoms with Crippen LogP contribution in [0.3, 0.4) is 0 Å². The number of anilines is 1. The Morgan fingerprint density at radius 2 is 2.24 bits per heavy atom. The molecule has 0 saturated heterocycles. The van der Waals surface area contributed by atoms with Crippen molar-refractivity contribution in [3.63, 3.8) is 0 Å². The largest absolute Gasteiger partial charge is 0.493 e. The lowest BCUT2D eigenvalue weighted by Gasteiger charge is -2.14. The van der Waals surface area contributed by atoms with E-state index >= 15 is 0 Å². The van der Waals surface area contributed by atoms with E-state index in [4.69, 9.17) is 9.15 Å². The number of hydrogen-bond acceptors (Lipinski definition) is 5. The molecule has 0 aliphatic heterocycles. The standard InChI is InChI=1S/C19H20N2O3S/c1-5-23-17-13(4)18-15(12(3)10-24-18)9-14(17)11(2)8-16(22)21-19-20-6-7-25-19/h6-10H,5H2,1-4H3,(H,20,21,22)/b11-8+. The first kappa shape index (κ1) is 17.2. The van der Waals surface area contributed by atoms with Crippen LogP contribution in [0.2, 0.25) is 0 Å². The smallest absolute Gasteiger partial charge is 0.250 e. The number of allylic oxidation sites excluding steroid dienone is 1. The first-order chi connectivity index (χ1) is 12.0. The lowest BCUT2D eigenvalue weighted by molar-refractivity contribution is -0.111. The third-order valence-electron chi connectivity index (χ3n) is 3.96. The minimum absolute atomic E-state index is 0.212. The second kappa shape index (κ2) is 7.11. The van der Waals surface area contributed by atoms with Gasteiger partial charge in [0.05, 0.1) is 12.9 Å². The van der Waals surface area contributed by atoms with Gasteiger partial charge in [-0.05, 0) is 44.9 Å². The monoisotopic (exact) mass is 356 g/mol. The summed E-state index contributed by atoms with van der Waals surface area (Å²) in [6.45, 7) is 8.36. The van der Waals surface area contributed by atoms with Gasteiger partial charge in [0, 0.05) is 34.2 Å². The van der Waals surface area contributed by atoms with E-state index < -0.39 is 0 Å². The van der Waals surface area contributed by atoms with Crippen LogP contribution in [-0.2, 0) is 4.79 Å². The number of aromatic nitrogens is 1. The molecule has 0 saturated carbocycles. The van der Waals surface area contributed by atoms with E-state index in [9.17, 15) is 4.79 Å². The number of carbonyl (C=O) groups is 1. The van der Waals surface area contributed by atoms with Crippen LogP contribution in [-0.4, -0.2) is 17.5 Å². The number of ether oxygens (including phenoxy) is 1. The Labute approximate surface area is 150 Å². The fraction of sp³-hybridized carbons (Fsp3) is 0.263. The molecule has 1 aromatic carbocycles. The summed E-state index contributed by atoms with van der Waals surface area (Å²) in [4.78, 5) is 16.3. The van der Waals surface area contributed by atoms with Crippen LogP contribution >= 0.6 is 11.3 Å². The summed E-state index contributed by atoms with van der Waals surface area (Å²) in [6.07, 6.45) is 4.97. The van der Waals surface area contributed by atoms with Crippen LogP contribution in [0.25, 0.3) is 16.5 Å². The molecule has 0 unspecified atom stereocenters. The maximum Gasteiger partial charge on any atom is 0.250 e. The first-order valence-electron chi connectivity index (χ1n) is 8.04. The number of amides is 1. The van der Waals surface area contributed by atoms with Gasteiger partial charge < -0.3 is 9.15 Å². The van der Waals surface area contributed by atoms with Crippen molar-refractivity contribution in [1.29, 1.82) is 0 Å². The quantitative estimate of drug-likeness (QED) is 0.657. The van der Waals surface area contributed by atoms with Crippen molar-refractivity contribution in [1.82, 2.24) is 4.98 Å². The Balaban J connectivity index is 2.03. The normalized spacial score (nSPS) is 11.8. The minimum atomic E-state index is -0.212. The molecule has 0 aliphatic rings. The van der Waals surface area contributed by atoms with Gasteiger partial charge in [0.1, 0.15) is 11.3 Å². The number of benzene rings is 1. The van der Waals surface area contributed by atoms with Gasteiger partial charge in [0.15, 0.2) is 5.13 Å². The number of hydrogen-bond donors (Lipinski definition) is 1. The topological polar surface area (TPSA) is 64.4 Å². The van der Waals surface area contributed by atoms with Crippen molar-refractivity contribution in [2.24, 2.45) is 0 Å². The minimum Gasteiger partial charge on any atom is -0.493 e. The molecule has 1 amide bonds. The number of thiazole rings is 1. The number of furan rings is 1. The van der Waals surface area contributed by atoms with E-state index in [1.165, 1.54) is 11.3 Å². The summed E-state index contributed by atoms with van der Waals surface area (Å²) < 4.78 is 11.5. The Kier molecular flexibility index (Phi) is 4.90. The zero-order valence-electron chi connectivity index (χ0n) is 14.7. The third-order valence-corrected chi connectivity index (χ3v) is 4.65. The Hall–Kier alpha value is -2.60. The molecule has 3 aromatic rings. The molecule has 130 valence electrons. The van der Waals surface area contributed by atoms with Gasteiger partial charge in [-0.25, -0.2) is 4.98 Å². The number of nitrogens with one attached hydrogen (secondary N) is 1. The fourth-order valence-corrected chi connectivity index (χ4v) is 3.29. The Bertz CT molecular complexity index is 939. The lowest BCUT2D eigenvalue weighted by atomic mass is 9.98. The molecule has 2 heterocycles. The third kappa shape index (κ3) is 3.44. The van der Waals surface area contributed by atoms with Crippen molar-refractivity contribution >= 4 is 38.9 Å². The molecule has 1 N–H and O–H groups in total. The highest BCUT2D eigenvalue weighted by molar-refractivity contribution is 7.13. The Morgan fingerprint density at radius 3 is 2.92 bits per heavy atom. The van der Waals surface area contributed by atoms with Crippen LogP contribution in [0.1, 0.15) is 30.5 Å². The highest BCUT2D eigenvalue weighted by Gasteiger charge is 2.17. The molecule has 0 aliphatic carbocycles. The summed E-state index contributed by atoms with van der Waals surface area (Å²) >= 11 is 1.38. The van der Waals surface area contributed by atoms with E-state index in [-0.39, 0.29) is 5.91 Å². The van der Waals surface area contributed by atoms with E-state index in [0.717, 1.165) is 39.0 Å².